The molecule has 0 aromatic heterocycles. The van der Waals surface area contributed by atoms with Crippen molar-refractivity contribution in [3.05, 3.63) is 24.3 Å². The Labute approximate surface area is 354 Å². The van der Waals surface area contributed by atoms with Gasteiger partial charge in [-0.25, -0.2) is 0 Å². The first kappa shape index (κ1) is 41.7. The molecule has 6 unspecified atom stereocenters. The second kappa shape index (κ2) is 19.6. The van der Waals surface area contributed by atoms with E-state index in [9.17, 15) is 0 Å². The normalized spacial score (nSPS) is 40.9. The van der Waals surface area contributed by atoms with Crippen LogP contribution in [-0.4, -0.2) is 46.1 Å². The summed E-state index contributed by atoms with van der Waals surface area (Å²) in [5, 5.41) is 0. The lowest BCUT2D eigenvalue weighted by Crippen LogP contribution is -2.51. The van der Waals surface area contributed by atoms with Crippen LogP contribution in [0.4, 0.5) is 0 Å². The van der Waals surface area contributed by atoms with E-state index in [1.54, 1.807) is 0 Å². The molecular formula is C55H92N2. The zero-order valence-electron chi connectivity index (χ0n) is 37.8. The molecule has 9 fully saturated rings. The second-order valence-corrected chi connectivity index (χ2v) is 23.5. The summed E-state index contributed by atoms with van der Waals surface area (Å²) >= 11 is 0. The molecule has 0 radical (unpaired) electrons. The quantitative estimate of drug-likeness (QED) is 0.204. The second-order valence-electron chi connectivity index (χ2n) is 23.5. The van der Waals surface area contributed by atoms with Crippen LogP contribution < -0.4 is 0 Å². The van der Waals surface area contributed by atoms with Gasteiger partial charge >= 0.3 is 0 Å². The molecule has 9 aliphatic rings. The van der Waals surface area contributed by atoms with Gasteiger partial charge in [0.2, 0.25) is 0 Å². The van der Waals surface area contributed by atoms with Gasteiger partial charge in [-0.15, -0.1) is 0 Å². The Hall–Kier alpha value is -0.600. The molecule has 57 heavy (non-hydrogen) atoms. The Morgan fingerprint density at radius 3 is 0.877 bits per heavy atom. The highest BCUT2D eigenvalue weighted by Crippen LogP contribution is 2.64. The average Bonchev–Trinajstić information content (AvgIpc) is 3.49. The van der Waals surface area contributed by atoms with Crippen molar-refractivity contribution in [3.8, 4) is 0 Å². The van der Waals surface area contributed by atoms with Crippen molar-refractivity contribution in [2.24, 2.45) is 52.8 Å². The third kappa shape index (κ3) is 9.73. The summed E-state index contributed by atoms with van der Waals surface area (Å²) in [6, 6.07) is 5.43. The van der Waals surface area contributed by atoms with E-state index in [-0.39, 0.29) is 0 Å². The van der Waals surface area contributed by atoms with E-state index in [2.05, 4.69) is 48.0 Å². The summed E-state index contributed by atoms with van der Waals surface area (Å²) < 4.78 is 0. The van der Waals surface area contributed by atoms with E-state index in [1.807, 2.05) is 0 Å². The molecule has 0 aromatic rings. The number of fused-ring (bicyclic) bond motifs is 3. The van der Waals surface area contributed by atoms with E-state index in [0.717, 1.165) is 83.6 Å². The molecule has 0 amide bonds. The molecule has 2 nitrogen and oxygen atoms in total. The van der Waals surface area contributed by atoms with E-state index in [1.165, 1.54) is 218 Å². The van der Waals surface area contributed by atoms with E-state index in [0.29, 0.717) is 5.41 Å². The van der Waals surface area contributed by atoms with Crippen molar-refractivity contribution >= 4 is 0 Å². The maximum Gasteiger partial charge on any atom is 0.0102 e. The molecule has 6 atom stereocenters. The highest BCUT2D eigenvalue weighted by Gasteiger charge is 2.57. The molecule has 0 saturated heterocycles. The van der Waals surface area contributed by atoms with Crippen molar-refractivity contribution in [2.75, 3.05) is 0 Å². The van der Waals surface area contributed by atoms with E-state index >= 15 is 0 Å². The summed E-state index contributed by atoms with van der Waals surface area (Å²) in [5.74, 6) is 7.37. The van der Waals surface area contributed by atoms with Gasteiger partial charge in [-0.2, -0.15) is 0 Å². The van der Waals surface area contributed by atoms with Gasteiger partial charge in [0, 0.05) is 36.3 Å². The first-order valence-corrected chi connectivity index (χ1v) is 26.9. The Kier molecular flexibility index (Phi) is 14.4. The summed E-state index contributed by atoms with van der Waals surface area (Å²) in [6.07, 6.45) is 61.8. The lowest BCUT2D eigenvalue weighted by atomic mass is 9.65. The van der Waals surface area contributed by atoms with Crippen LogP contribution in [0.15, 0.2) is 24.3 Å². The highest BCUT2D eigenvalue weighted by molar-refractivity contribution is 5.11. The van der Waals surface area contributed by atoms with Gasteiger partial charge in [0.05, 0.1) is 0 Å². The summed E-state index contributed by atoms with van der Waals surface area (Å²) in [6.45, 7) is 5.48. The molecule has 0 N–H and O–H groups in total. The highest BCUT2D eigenvalue weighted by atomic mass is 15.2. The molecule has 9 aliphatic carbocycles. The predicted octanol–water partition coefficient (Wildman–Crippen LogP) is 15.3. The number of hydrogen-bond donors (Lipinski definition) is 0. The smallest absolute Gasteiger partial charge is 0.0102 e. The lowest BCUT2D eigenvalue weighted by Gasteiger charge is -2.48. The molecule has 0 spiro atoms. The Bertz CT molecular complexity index is 1120. The molecule has 0 heterocycles. The van der Waals surface area contributed by atoms with Crippen LogP contribution in [0, 0.1) is 52.8 Å². The number of nitrogens with zero attached hydrogens (tertiary/aromatic N) is 2. The maximum atomic E-state index is 3.18. The Balaban J connectivity index is 0.747. The third-order valence-corrected chi connectivity index (χ3v) is 20.0. The van der Waals surface area contributed by atoms with Crippen LogP contribution in [-0.2, 0) is 0 Å². The molecule has 9 saturated carbocycles. The first-order valence-electron chi connectivity index (χ1n) is 26.9. The Morgan fingerprint density at radius 2 is 0.561 bits per heavy atom. The molecule has 322 valence electrons. The summed E-state index contributed by atoms with van der Waals surface area (Å²) in [7, 11) is 0. The van der Waals surface area contributed by atoms with Crippen molar-refractivity contribution in [1.82, 2.24) is 9.80 Å². The van der Waals surface area contributed by atoms with Crippen molar-refractivity contribution in [2.45, 2.75) is 268 Å². The Morgan fingerprint density at radius 1 is 0.298 bits per heavy atom. The first-order chi connectivity index (χ1) is 28.0. The molecular weight excluding hydrogens is 689 g/mol. The van der Waals surface area contributed by atoms with Crippen molar-refractivity contribution < 1.29 is 0 Å². The van der Waals surface area contributed by atoms with Gasteiger partial charge < -0.3 is 0 Å². The van der Waals surface area contributed by atoms with Gasteiger partial charge in [0.1, 0.15) is 0 Å². The monoisotopic (exact) mass is 781 g/mol. The predicted molar refractivity (Wildman–Crippen MR) is 243 cm³/mol. The largest absolute Gasteiger partial charge is 0.294 e. The van der Waals surface area contributed by atoms with Crippen LogP contribution in [0.1, 0.15) is 232 Å². The van der Waals surface area contributed by atoms with Crippen LogP contribution in [0.5, 0.6) is 0 Å². The standard InChI is InChI=1S/C55H92N2/c1-55(2)53-39-43(25-23-41-27-33-49(34-28-41)56(45-15-7-3-8-16-45)46-17-9-4-10-18-46)31-37-51(53)52-38-32-44(40-54(52)55)26-24-42-29-35-50(36-30-42)57(47-19-11-5-12-20-47)48-21-13-6-14-22-48/h23-26,41-54H,3-22,27-40H2,1-2H3. The molecule has 2 heteroatoms. The van der Waals surface area contributed by atoms with E-state index in [4.69, 9.17) is 0 Å². The van der Waals surface area contributed by atoms with Gasteiger partial charge in [0.15, 0.2) is 0 Å². The maximum absolute atomic E-state index is 3.18. The van der Waals surface area contributed by atoms with Crippen molar-refractivity contribution in [1.29, 1.82) is 0 Å². The fourth-order valence-electron chi connectivity index (χ4n) is 16.9. The van der Waals surface area contributed by atoms with E-state index < -0.39 is 0 Å². The number of rotatable bonds is 10. The number of allylic oxidation sites excluding steroid dienone is 4. The zero-order valence-corrected chi connectivity index (χ0v) is 37.8. The minimum atomic E-state index is 0.522. The van der Waals surface area contributed by atoms with Gasteiger partial charge in [-0.3, -0.25) is 9.80 Å². The third-order valence-electron chi connectivity index (χ3n) is 20.0. The fourth-order valence-corrected chi connectivity index (χ4v) is 16.9. The summed E-state index contributed by atoms with van der Waals surface area (Å²) in [4.78, 5) is 6.35. The fraction of sp³-hybridized carbons (Fsp3) is 0.927. The van der Waals surface area contributed by atoms with Crippen LogP contribution in [0.3, 0.4) is 0 Å². The van der Waals surface area contributed by atoms with Gasteiger partial charge in [0.25, 0.3) is 0 Å². The molecule has 0 aliphatic heterocycles. The average molecular weight is 781 g/mol. The molecule has 9 rings (SSSR count). The minimum Gasteiger partial charge on any atom is -0.294 e. The molecule has 0 aromatic carbocycles. The minimum absolute atomic E-state index is 0.522. The number of hydrogen-bond acceptors (Lipinski definition) is 2. The molecule has 0 bridgehead atoms. The SMILES string of the molecule is CC1(C)C2CC(C=CC3CCC(N(C4CCCCC4)C4CCCCC4)CC3)CCC2C2CCC(C=CC3CCC(N(C4CCCCC4)C4CCCCC4)CC3)CC21. The van der Waals surface area contributed by atoms with Crippen molar-refractivity contribution in [3.63, 3.8) is 0 Å². The summed E-state index contributed by atoms with van der Waals surface area (Å²) in [5.41, 5.74) is 0.522. The van der Waals surface area contributed by atoms with Crippen LogP contribution >= 0.6 is 0 Å². The van der Waals surface area contributed by atoms with Crippen LogP contribution in [0.25, 0.3) is 0 Å². The van der Waals surface area contributed by atoms with Gasteiger partial charge in [-0.1, -0.05) is 115 Å². The van der Waals surface area contributed by atoms with Crippen LogP contribution in [0.2, 0.25) is 0 Å². The lowest BCUT2D eigenvalue weighted by molar-refractivity contribution is 0.0181. The topological polar surface area (TPSA) is 6.48 Å². The van der Waals surface area contributed by atoms with Gasteiger partial charge in [-0.05, 0) is 194 Å². The zero-order chi connectivity index (χ0) is 38.6.